The molecule has 104 valence electrons. The Morgan fingerprint density at radius 2 is 1.78 bits per heavy atom. The quantitative estimate of drug-likeness (QED) is 0.697. The van der Waals surface area contributed by atoms with E-state index in [2.05, 4.69) is 19.2 Å². The van der Waals surface area contributed by atoms with E-state index in [1.165, 1.54) is 25.7 Å². The predicted molar refractivity (Wildman–Crippen MR) is 74.1 cm³/mol. The Balaban J connectivity index is 1.70. The lowest BCUT2D eigenvalue weighted by atomic mass is 9.84. The third kappa shape index (κ3) is 4.27. The van der Waals surface area contributed by atoms with Crippen LogP contribution in [0.3, 0.4) is 0 Å². The van der Waals surface area contributed by atoms with Gasteiger partial charge in [-0.2, -0.15) is 0 Å². The summed E-state index contributed by atoms with van der Waals surface area (Å²) < 4.78 is 0. The van der Waals surface area contributed by atoms with Crippen molar-refractivity contribution in [2.75, 3.05) is 6.54 Å². The molecule has 18 heavy (non-hydrogen) atoms. The van der Waals surface area contributed by atoms with Gasteiger partial charge in [0.2, 0.25) is 5.91 Å². The predicted octanol–water partition coefficient (Wildman–Crippen LogP) is 2.45. The molecule has 2 aliphatic rings. The van der Waals surface area contributed by atoms with Crippen LogP contribution < -0.4 is 11.1 Å². The van der Waals surface area contributed by atoms with Crippen molar-refractivity contribution in [3.63, 3.8) is 0 Å². The van der Waals surface area contributed by atoms with E-state index in [1.807, 2.05) is 0 Å². The largest absolute Gasteiger partial charge is 0.353 e. The highest BCUT2D eigenvalue weighted by atomic mass is 16.1. The molecule has 2 fully saturated rings. The Kier molecular flexibility index (Phi) is 4.31. The number of rotatable bonds is 8. The number of amides is 1. The van der Waals surface area contributed by atoms with Crippen LogP contribution in [0.5, 0.6) is 0 Å². The molecule has 0 radical (unpaired) electrons. The molecule has 0 heterocycles. The van der Waals surface area contributed by atoms with Gasteiger partial charge in [0.15, 0.2) is 0 Å². The molecule has 0 saturated heterocycles. The summed E-state index contributed by atoms with van der Waals surface area (Å²) in [4.78, 5) is 12.0. The summed E-state index contributed by atoms with van der Waals surface area (Å²) >= 11 is 0. The molecule has 0 bridgehead atoms. The molecule has 0 aromatic heterocycles. The van der Waals surface area contributed by atoms with Gasteiger partial charge in [-0.05, 0) is 62.3 Å². The van der Waals surface area contributed by atoms with E-state index < -0.39 is 0 Å². The molecule has 0 aliphatic heterocycles. The van der Waals surface area contributed by atoms with Gasteiger partial charge >= 0.3 is 0 Å². The van der Waals surface area contributed by atoms with E-state index >= 15 is 0 Å². The normalized spacial score (nSPS) is 20.2. The van der Waals surface area contributed by atoms with Crippen molar-refractivity contribution >= 4 is 5.91 Å². The molecule has 3 nitrogen and oxygen atoms in total. The highest BCUT2D eigenvalue weighted by molar-refractivity contribution is 5.76. The zero-order valence-corrected chi connectivity index (χ0v) is 11.9. The molecular formula is C15H28N2O. The highest BCUT2D eigenvalue weighted by Gasteiger charge is 2.42. The Hall–Kier alpha value is -0.570. The molecule has 0 spiro atoms. The molecule has 0 unspecified atom stereocenters. The van der Waals surface area contributed by atoms with Gasteiger partial charge in [0, 0.05) is 12.5 Å². The summed E-state index contributed by atoms with van der Waals surface area (Å²) in [6.45, 7) is 5.11. The van der Waals surface area contributed by atoms with Crippen LogP contribution >= 0.6 is 0 Å². The van der Waals surface area contributed by atoms with E-state index in [0.29, 0.717) is 19.0 Å². The van der Waals surface area contributed by atoms with Gasteiger partial charge in [0.1, 0.15) is 0 Å². The van der Waals surface area contributed by atoms with E-state index in [0.717, 1.165) is 24.7 Å². The zero-order chi connectivity index (χ0) is 13.2. The average Bonchev–Trinajstić information content (AvgIpc) is 3.16. The minimum Gasteiger partial charge on any atom is -0.353 e. The van der Waals surface area contributed by atoms with Gasteiger partial charge in [-0.3, -0.25) is 4.79 Å². The topological polar surface area (TPSA) is 55.1 Å². The second-order valence-electron chi connectivity index (χ2n) is 6.97. The first-order valence-electron chi connectivity index (χ1n) is 7.51. The van der Waals surface area contributed by atoms with Gasteiger partial charge in [-0.15, -0.1) is 0 Å². The fourth-order valence-electron chi connectivity index (χ4n) is 2.76. The summed E-state index contributed by atoms with van der Waals surface area (Å²) in [6.07, 6.45) is 7.87. The van der Waals surface area contributed by atoms with Crippen molar-refractivity contribution in [3.05, 3.63) is 0 Å². The Morgan fingerprint density at radius 3 is 2.22 bits per heavy atom. The van der Waals surface area contributed by atoms with Crippen LogP contribution in [0, 0.1) is 17.3 Å². The lowest BCUT2D eigenvalue weighted by Crippen LogP contribution is -2.38. The number of nitrogens with one attached hydrogen (secondary N) is 1. The third-order valence-corrected chi connectivity index (χ3v) is 4.44. The average molecular weight is 252 g/mol. The van der Waals surface area contributed by atoms with Gasteiger partial charge < -0.3 is 11.1 Å². The second-order valence-corrected chi connectivity index (χ2v) is 6.97. The number of nitrogens with two attached hydrogens (primary N) is 1. The van der Waals surface area contributed by atoms with Crippen LogP contribution in [0.1, 0.15) is 58.8 Å². The molecular weight excluding hydrogens is 224 g/mol. The van der Waals surface area contributed by atoms with Crippen LogP contribution in [-0.2, 0) is 4.79 Å². The first-order chi connectivity index (χ1) is 8.52. The molecule has 2 rings (SSSR count). The molecule has 0 aromatic rings. The first-order valence-corrected chi connectivity index (χ1v) is 7.51. The minimum atomic E-state index is 0.195. The summed E-state index contributed by atoms with van der Waals surface area (Å²) in [5.41, 5.74) is 5.79. The van der Waals surface area contributed by atoms with Gasteiger partial charge in [0.25, 0.3) is 0 Å². The Labute approximate surface area is 111 Å². The molecule has 2 saturated carbocycles. The fourth-order valence-corrected chi connectivity index (χ4v) is 2.76. The molecule has 2 aliphatic carbocycles. The molecule has 1 amide bonds. The van der Waals surface area contributed by atoms with Crippen LogP contribution in [-0.4, -0.2) is 18.5 Å². The summed E-state index contributed by atoms with van der Waals surface area (Å²) in [5.74, 6) is 1.83. The maximum absolute atomic E-state index is 12.0. The Morgan fingerprint density at radius 1 is 1.22 bits per heavy atom. The number of hydrogen-bond donors (Lipinski definition) is 2. The van der Waals surface area contributed by atoms with Crippen LogP contribution in [0.2, 0.25) is 0 Å². The van der Waals surface area contributed by atoms with Crippen molar-refractivity contribution in [1.82, 2.24) is 5.32 Å². The van der Waals surface area contributed by atoms with E-state index in [1.54, 1.807) is 0 Å². The number of hydrogen-bond acceptors (Lipinski definition) is 2. The minimum absolute atomic E-state index is 0.195. The molecule has 3 N–H and O–H groups in total. The van der Waals surface area contributed by atoms with Crippen molar-refractivity contribution in [1.29, 1.82) is 0 Å². The molecule has 0 atom stereocenters. The van der Waals surface area contributed by atoms with E-state index in [4.69, 9.17) is 5.73 Å². The summed E-state index contributed by atoms with van der Waals surface area (Å²) in [7, 11) is 0. The van der Waals surface area contributed by atoms with Gasteiger partial charge in [0.05, 0.1) is 0 Å². The van der Waals surface area contributed by atoms with Gasteiger partial charge in [-0.25, -0.2) is 0 Å². The van der Waals surface area contributed by atoms with Crippen molar-refractivity contribution in [2.24, 2.45) is 23.0 Å². The van der Waals surface area contributed by atoms with Gasteiger partial charge in [-0.1, -0.05) is 13.8 Å². The third-order valence-electron chi connectivity index (χ3n) is 4.44. The number of carbonyl (C=O) groups is 1. The smallest absolute Gasteiger partial charge is 0.220 e. The second kappa shape index (κ2) is 5.60. The van der Waals surface area contributed by atoms with Crippen LogP contribution in [0.25, 0.3) is 0 Å². The monoisotopic (exact) mass is 252 g/mol. The van der Waals surface area contributed by atoms with E-state index in [9.17, 15) is 4.79 Å². The molecule has 0 aromatic carbocycles. The Bertz CT molecular complexity index is 281. The summed E-state index contributed by atoms with van der Waals surface area (Å²) in [6, 6.07) is 0.495. The highest BCUT2D eigenvalue weighted by Crippen LogP contribution is 2.44. The lowest BCUT2D eigenvalue weighted by molar-refractivity contribution is -0.122. The zero-order valence-electron chi connectivity index (χ0n) is 11.9. The van der Waals surface area contributed by atoms with Crippen molar-refractivity contribution in [2.45, 2.75) is 64.8 Å². The standard InChI is InChI=1S/C15H28N2O/c1-15(2,9-10-16)8-7-13(18)17-14(11-3-4-11)12-5-6-12/h11-12,14H,3-10,16H2,1-2H3,(H,17,18). The lowest BCUT2D eigenvalue weighted by Gasteiger charge is -2.24. The van der Waals surface area contributed by atoms with E-state index in [-0.39, 0.29) is 11.3 Å². The maximum atomic E-state index is 12.0. The fraction of sp³-hybridized carbons (Fsp3) is 0.933. The van der Waals surface area contributed by atoms with Crippen LogP contribution in [0.15, 0.2) is 0 Å². The molecule has 3 heteroatoms. The number of carbonyl (C=O) groups excluding carboxylic acids is 1. The maximum Gasteiger partial charge on any atom is 0.220 e. The van der Waals surface area contributed by atoms with Crippen LogP contribution in [0.4, 0.5) is 0 Å². The van der Waals surface area contributed by atoms with Crippen molar-refractivity contribution in [3.8, 4) is 0 Å². The summed E-state index contributed by atoms with van der Waals surface area (Å²) in [5, 5.41) is 3.29. The van der Waals surface area contributed by atoms with Crippen molar-refractivity contribution < 1.29 is 4.79 Å². The first kappa shape index (κ1) is 13.9. The SMILES string of the molecule is CC(C)(CCN)CCC(=O)NC(C1CC1)C1CC1.